The number of nitrogens with zero attached hydrogens (tertiary/aromatic N) is 3. The van der Waals surface area contributed by atoms with Crippen LogP contribution in [-0.4, -0.2) is 17.0 Å². The van der Waals surface area contributed by atoms with Crippen molar-refractivity contribution in [1.82, 2.24) is 9.97 Å². The third kappa shape index (κ3) is 2.50. The fourth-order valence-corrected chi connectivity index (χ4v) is 2.11. The van der Waals surface area contributed by atoms with Crippen molar-refractivity contribution < 1.29 is 0 Å². The number of hydrogen-bond donors (Lipinski definition) is 0. The quantitative estimate of drug-likeness (QED) is 0.821. The largest absolute Gasteiger partial charge is 0.355 e. The minimum atomic E-state index is 0.678. The second kappa shape index (κ2) is 4.77. The highest BCUT2D eigenvalue weighted by Gasteiger charge is 2.25. The van der Waals surface area contributed by atoms with Crippen LogP contribution < -0.4 is 4.90 Å². The molecule has 1 saturated carbocycles. The van der Waals surface area contributed by atoms with Crippen LogP contribution in [0.2, 0.25) is 0 Å². The number of hydrogen-bond acceptors (Lipinski definition) is 3. The first-order chi connectivity index (χ1) is 8.83. The molecule has 1 aromatic heterocycles. The molecule has 0 N–H and O–H groups in total. The second-order valence-corrected chi connectivity index (χ2v) is 4.92. The first kappa shape index (κ1) is 11.2. The van der Waals surface area contributed by atoms with Crippen molar-refractivity contribution >= 4 is 5.82 Å². The summed E-state index contributed by atoms with van der Waals surface area (Å²) in [7, 11) is 2.08. The molecule has 1 aliphatic rings. The van der Waals surface area contributed by atoms with E-state index in [4.69, 9.17) is 0 Å². The van der Waals surface area contributed by atoms with E-state index in [9.17, 15) is 0 Å². The lowest BCUT2D eigenvalue weighted by Crippen LogP contribution is -2.18. The van der Waals surface area contributed by atoms with Gasteiger partial charge in [0.2, 0.25) is 0 Å². The van der Waals surface area contributed by atoms with Crippen molar-refractivity contribution in [2.45, 2.75) is 25.3 Å². The van der Waals surface area contributed by atoms with E-state index >= 15 is 0 Å². The predicted molar refractivity (Wildman–Crippen MR) is 72.6 cm³/mol. The van der Waals surface area contributed by atoms with Crippen LogP contribution in [0.5, 0.6) is 0 Å². The molecule has 1 aliphatic carbocycles. The summed E-state index contributed by atoms with van der Waals surface area (Å²) < 4.78 is 0. The van der Waals surface area contributed by atoms with E-state index in [0.29, 0.717) is 5.92 Å². The SMILES string of the molecule is CN(Cc1ccccc1)c1cc(C2CC2)ncn1. The molecule has 3 heteroatoms. The average Bonchev–Trinajstić information content (AvgIpc) is 3.24. The normalized spacial score (nSPS) is 14.5. The van der Waals surface area contributed by atoms with Gasteiger partial charge in [-0.3, -0.25) is 0 Å². The molecular weight excluding hydrogens is 222 g/mol. The third-order valence-electron chi connectivity index (χ3n) is 3.32. The molecular formula is C15H17N3. The third-order valence-corrected chi connectivity index (χ3v) is 3.32. The van der Waals surface area contributed by atoms with Crippen LogP contribution in [0, 0.1) is 0 Å². The van der Waals surface area contributed by atoms with E-state index in [1.807, 2.05) is 6.07 Å². The summed E-state index contributed by atoms with van der Waals surface area (Å²) in [5.74, 6) is 1.69. The Kier molecular flexibility index (Phi) is 2.97. The maximum Gasteiger partial charge on any atom is 0.132 e. The van der Waals surface area contributed by atoms with Crippen LogP contribution >= 0.6 is 0 Å². The van der Waals surface area contributed by atoms with Gasteiger partial charge in [0.05, 0.1) is 0 Å². The minimum absolute atomic E-state index is 0.678. The predicted octanol–water partition coefficient (Wildman–Crippen LogP) is 2.99. The molecule has 0 radical (unpaired) electrons. The van der Waals surface area contributed by atoms with Gasteiger partial charge in [0.1, 0.15) is 12.1 Å². The lowest BCUT2D eigenvalue weighted by Gasteiger charge is -2.18. The molecule has 1 heterocycles. The minimum Gasteiger partial charge on any atom is -0.355 e. The van der Waals surface area contributed by atoms with Crippen molar-refractivity contribution in [3.63, 3.8) is 0 Å². The molecule has 2 aromatic rings. The summed E-state index contributed by atoms with van der Waals surface area (Å²) in [6.45, 7) is 0.877. The van der Waals surface area contributed by atoms with E-state index in [0.717, 1.165) is 12.4 Å². The Labute approximate surface area is 108 Å². The Hall–Kier alpha value is -1.90. The highest BCUT2D eigenvalue weighted by atomic mass is 15.2. The van der Waals surface area contributed by atoms with Gasteiger partial charge >= 0.3 is 0 Å². The molecule has 18 heavy (non-hydrogen) atoms. The van der Waals surface area contributed by atoms with Crippen molar-refractivity contribution in [2.24, 2.45) is 0 Å². The maximum atomic E-state index is 4.36. The summed E-state index contributed by atoms with van der Waals surface area (Å²) in [4.78, 5) is 10.9. The summed E-state index contributed by atoms with van der Waals surface area (Å²) >= 11 is 0. The lowest BCUT2D eigenvalue weighted by molar-refractivity contribution is 0.876. The van der Waals surface area contributed by atoms with Crippen molar-refractivity contribution in [1.29, 1.82) is 0 Å². The number of aromatic nitrogens is 2. The Bertz CT molecular complexity index is 520. The Morgan fingerprint density at radius 2 is 1.94 bits per heavy atom. The molecule has 0 amide bonds. The molecule has 3 rings (SSSR count). The maximum absolute atomic E-state index is 4.36. The van der Waals surface area contributed by atoms with Crippen LogP contribution in [0.1, 0.15) is 30.0 Å². The molecule has 0 atom stereocenters. The van der Waals surface area contributed by atoms with E-state index in [1.165, 1.54) is 24.1 Å². The van der Waals surface area contributed by atoms with Gasteiger partial charge < -0.3 is 4.90 Å². The Morgan fingerprint density at radius 1 is 1.17 bits per heavy atom. The fourth-order valence-electron chi connectivity index (χ4n) is 2.11. The summed E-state index contributed by atoms with van der Waals surface area (Å²) in [6, 6.07) is 12.6. The number of anilines is 1. The molecule has 0 aliphatic heterocycles. The van der Waals surface area contributed by atoms with Crippen LogP contribution in [0.3, 0.4) is 0 Å². The zero-order chi connectivity index (χ0) is 12.4. The second-order valence-electron chi connectivity index (χ2n) is 4.92. The molecule has 0 bridgehead atoms. The topological polar surface area (TPSA) is 29.0 Å². The number of rotatable bonds is 4. The van der Waals surface area contributed by atoms with Gasteiger partial charge in [-0.1, -0.05) is 30.3 Å². The van der Waals surface area contributed by atoms with Gasteiger partial charge in [-0.2, -0.15) is 0 Å². The summed E-state index contributed by atoms with van der Waals surface area (Å²) in [5, 5.41) is 0. The van der Waals surface area contributed by atoms with Gasteiger partial charge in [0.15, 0.2) is 0 Å². The van der Waals surface area contributed by atoms with Gasteiger partial charge in [-0.05, 0) is 18.4 Å². The number of benzene rings is 1. The van der Waals surface area contributed by atoms with Gasteiger partial charge in [-0.15, -0.1) is 0 Å². The molecule has 0 unspecified atom stereocenters. The zero-order valence-electron chi connectivity index (χ0n) is 10.6. The first-order valence-electron chi connectivity index (χ1n) is 6.40. The van der Waals surface area contributed by atoms with Crippen LogP contribution in [0.4, 0.5) is 5.82 Å². The van der Waals surface area contributed by atoms with Crippen LogP contribution in [0.25, 0.3) is 0 Å². The van der Waals surface area contributed by atoms with Crippen molar-refractivity contribution in [3.05, 3.63) is 54.0 Å². The molecule has 1 fully saturated rings. The smallest absolute Gasteiger partial charge is 0.132 e. The Balaban J connectivity index is 1.75. The first-order valence-corrected chi connectivity index (χ1v) is 6.40. The summed E-state index contributed by atoms with van der Waals surface area (Å²) in [5.41, 5.74) is 2.49. The lowest BCUT2D eigenvalue weighted by atomic mass is 10.2. The molecule has 92 valence electrons. The van der Waals surface area contributed by atoms with E-state index < -0.39 is 0 Å². The molecule has 0 saturated heterocycles. The van der Waals surface area contributed by atoms with Gasteiger partial charge in [0.25, 0.3) is 0 Å². The monoisotopic (exact) mass is 239 g/mol. The molecule has 3 nitrogen and oxygen atoms in total. The van der Waals surface area contributed by atoms with Gasteiger partial charge in [0, 0.05) is 31.3 Å². The Morgan fingerprint density at radius 3 is 2.67 bits per heavy atom. The fraction of sp³-hybridized carbons (Fsp3) is 0.333. The average molecular weight is 239 g/mol. The van der Waals surface area contributed by atoms with E-state index in [2.05, 4.69) is 52.2 Å². The van der Waals surface area contributed by atoms with E-state index in [1.54, 1.807) is 6.33 Å². The standard InChI is InChI=1S/C15H17N3/c1-18(10-12-5-3-2-4-6-12)15-9-14(13-7-8-13)16-11-17-15/h2-6,9,11,13H,7-8,10H2,1H3. The highest BCUT2D eigenvalue weighted by molar-refractivity contribution is 5.40. The van der Waals surface area contributed by atoms with Crippen LogP contribution in [0.15, 0.2) is 42.7 Å². The van der Waals surface area contributed by atoms with Crippen molar-refractivity contribution in [3.8, 4) is 0 Å². The summed E-state index contributed by atoms with van der Waals surface area (Å²) in [6.07, 6.45) is 4.24. The van der Waals surface area contributed by atoms with E-state index in [-0.39, 0.29) is 0 Å². The molecule has 0 spiro atoms. The zero-order valence-corrected chi connectivity index (χ0v) is 10.6. The van der Waals surface area contributed by atoms with Crippen molar-refractivity contribution in [2.75, 3.05) is 11.9 Å². The van der Waals surface area contributed by atoms with Crippen LogP contribution in [-0.2, 0) is 6.54 Å². The molecule has 1 aromatic carbocycles. The highest BCUT2D eigenvalue weighted by Crippen LogP contribution is 2.39. The van der Waals surface area contributed by atoms with Gasteiger partial charge in [-0.25, -0.2) is 9.97 Å².